The lowest BCUT2D eigenvalue weighted by Gasteiger charge is -2.09. The summed E-state index contributed by atoms with van der Waals surface area (Å²) in [5, 5.41) is 14.4. The highest BCUT2D eigenvalue weighted by Gasteiger charge is 2.07. The highest BCUT2D eigenvalue weighted by Crippen LogP contribution is 2.05. The SMILES string of the molecule is CN(C)CCCCNC(=O)c1cccc(C(N)=NO)c1. The average molecular weight is 278 g/mol. The third kappa shape index (κ3) is 5.27. The molecule has 6 heteroatoms. The number of unbranched alkanes of at least 4 members (excludes halogenated alkanes) is 1. The smallest absolute Gasteiger partial charge is 0.251 e. The van der Waals surface area contributed by atoms with Crippen LogP contribution in [0.5, 0.6) is 0 Å². The molecule has 1 amide bonds. The fourth-order valence-electron chi connectivity index (χ4n) is 1.73. The third-order valence-electron chi connectivity index (χ3n) is 2.85. The van der Waals surface area contributed by atoms with E-state index in [1.165, 1.54) is 0 Å². The van der Waals surface area contributed by atoms with Gasteiger partial charge in [0.15, 0.2) is 5.84 Å². The molecule has 0 fully saturated rings. The van der Waals surface area contributed by atoms with Gasteiger partial charge in [-0.3, -0.25) is 4.79 Å². The predicted octanol–water partition coefficient (Wildman–Crippen LogP) is 0.853. The maximum Gasteiger partial charge on any atom is 0.251 e. The zero-order chi connectivity index (χ0) is 15.0. The highest BCUT2D eigenvalue weighted by atomic mass is 16.4. The lowest BCUT2D eigenvalue weighted by atomic mass is 10.1. The molecule has 0 spiro atoms. The molecule has 20 heavy (non-hydrogen) atoms. The van der Waals surface area contributed by atoms with Crippen LogP contribution in [0, 0.1) is 0 Å². The molecule has 0 bridgehead atoms. The van der Waals surface area contributed by atoms with E-state index in [0.717, 1.165) is 19.4 Å². The first-order valence-corrected chi connectivity index (χ1v) is 6.55. The van der Waals surface area contributed by atoms with E-state index < -0.39 is 0 Å². The quantitative estimate of drug-likeness (QED) is 0.227. The number of amides is 1. The molecule has 0 saturated carbocycles. The van der Waals surface area contributed by atoms with Gasteiger partial charge < -0.3 is 21.2 Å². The molecule has 110 valence electrons. The summed E-state index contributed by atoms with van der Waals surface area (Å²) >= 11 is 0. The van der Waals surface area contributed by atoms with Gasteiger partial charge in [-0.1, -0.05) is 17.3 Å². The van der Waals surface area contributed by atoms with E-state index in [-0.39, 0.29) is 11.7 Å². The molecule has 0 saturated heterocycles. The first-order chi connectivity index (χ1) is 9.54. The number of nitrogens with one attached hydrogen (secondary N) is 1. The Morgan fingerprint density at radius 1 is 1.35 bits per heavy atom. The van der Waals surface area contributed by atoms with Gasteiger partial charge in [0, 0.05) is 17.7 Å². The molecular weight excluding hydrogens is 256 g/mol. The first-order valence-electron chi connectivity index (χ1n) is 6.55. The minimum absolute atomic E-state index is 0.00867. The standard InChI is InChI=1S/C14H22N4O2/c1-18(2)9-4-3-8-16-14(19)12-7-5-6-11(10-12)13(15)17-20/h5-7,10,20H,3-4,8-9H2,1-2H3,(H2,15,17)(H,16,19). The normalized spacial score (nSPS) is 11.7. The fraction of sp³-hybridized carbons (Fsp3) is 0.429. The number of oxime groups is 1. The van der Waals surface area contributed by atoms with Gasteiger partial charge in [-0.2, -0.15) is 0 Å². The van der Waals surface area contributed by atoms with Gasteiger partial charge in [0.2, 0.25) is 0 Å². The number of nitrogens with two attached hydrogens (primary N) is 1. The summed E-state index contributed by atoms with van der Waals surface area (Å²) in [5.74, 6) is -0.159. The second-order valence-corrected chi connectivity index (χ2v) is 4.83. The molecule has 0 aliphatic rings. The minimum atomic E-state index is -0.151. The maximum atomic E-state index is 11.9. The molecule has 0 aliphatic heterocycles. The Balaban J connectivity index is 2.47. The molecule has 1 aromatic rings. The number of carbonyl (C=O) groups excluding carboxylic acids is 1. The second-order valence-electron chi connectivity index (χ2n) is 4.83. The van der Waals surface area contributed by atoms with E-state index >= 15 is 0 Å². The van der Waals surface area contributed by atoms with Crippen LogP contribution in [-0.4, -0.2) is 49.0 Å². The maximum absolute atomic E-state index is 11.9. The van der Waals surface area contributed by atoms with Crippen LogP contribution >= 0.6 is 0 Å². The van der Waals surface area contributed by atoms with E-state index in [0.29, 0.717) is 17.7 Å². The van der Waals surface area contributed by atoms with Crippen LogP contribution in [0.4, 0.5) is 0 Å². The van der Waals surface area contributed by atoms with Crippen molar-refractivity contribution >= 4 is 11.7 Å². The molecule has 6 nitrogen and oxygen atoms in total. The molecule has 0 aromatic heterocycles. The molecular formula is C14H22N4O2. The molecule has 0 unspecified atom stereocenters. The van der Waals surface area contributed by atoms with Crippen LogP contribution in [-0.2, 0) is 0 Å². The van der Waals surface area contributed by atoms with Crippen LogP contribution < -0.4 is 11.1 Å². The van der Waals surface area contributed by atoms with E-state index in [9.17, 15) is 4.79 Å². The van der Waals surface area contributed by atoms with Crippen molar-refractivity contribution in [3.8, 4) is 0 Å². The summed E-state index contributed by atoms with van der Waals surface area (Å²) in [6.45, 7) is 1.65. The van der Waals surface area contributed by atoms with Crippen molar-refractivity contribution in [3.05, 3.63) is 35.4 Å². The van der Waals surface area contributed by atoms with E-state index in [4.69, 9.17) is 10.9 Å². The van der Waals surface area contributed by atoms with Gasteiger partial charge in [0.25, 0.3) is 5.91 Å². The zero-order valence-corrected chi connectivity index (χ0v) is 12.0. The van der Waals surface area contributed by atoms with Gasteiger partial charge in [-0.05, 0) is 45.6 Å². The topological polar surface area (TPSA) is 91.0 Å². The lowest BCUT2D eigenvalue weighted by Crippen LogP contribution is -2.25. The van der Waals surface area contributed by atoms with E-state index in [1.807, 2.05) is 14.1 Å². The molecule has 0 radical (unpaired) electrons. The Labute approximate surface area is 119 Å². The van der Waals surface area contributed by atoms with Crippen LogP contribution in [0.3, 0.4) is 0 Å². The largest absolute Gasteiger partial charge is 0.409 e. The van der Waals surface area contributed by atoms with Gasteiger partial charge in [-0.25, -0.2) is 0 Å². The van der Waals surface area contributed by atoms with Crippen LogP contribution in [0.2, 0.25) is 0 Å². The number of hydrogen-bond donors (Lipinski definition) is 3. The predicted molar refractivity (Wildman–Crippen MR) is 79.1 cm³/mol. The van der Waals surface area contributed by atoms with Crippen molar-refractivity contribution in [3.63, 3.8) is 0 Å². The molecule has 0 atom stereocenters. The number of benzene rings is 1. The third-order valence-corrected chi connectivity index (χ3v) is 2.85. The molecule has 1 aromatic carbocycles. The van der Waals surface area contributed by atoms with Crippen molar-refractivity contribution in [1.29, 1.82) is 0 Å². The number of amidine groups is 1. The number of carbonyl (C=O) groups is 1. The summed E-state index contributed by atoms with van der Waals surface area (Å²) in [5.41, 5.74) is 6.52. The monoisotopic (exact) mass is 278 g/mol. The Bertz CT molecular complexity index is 472. The molecule has 0 heterocycles. The van der Waals surface area contributed by atoms with Crippen molar-refractivity contribution in [1.82, 2.24) is 10.2 Å². The summed E-state index contributed by atoms with van der Waals surface area (Å²) in [4.78, 5) is 14.1. The van der Waals surface area contributed by atoms with Gasteiger partial charge in [0.05, 0.1) is 0 Å². The summed E-state index contributed by atoms with van der Waals surface area (Å²) in [6, 6.07) is 6.69. The van der Waals surface area contributed by atoms with Crippen molar-refractivity contribution in [2.45, 2.75) is 12.8 Å². The van der Waals surface area contributed by atoms with E-state index in [1.54, 1.807) is 24.3 Å². The summed E-state index contributed by atoms with van der Waals surface area (Å²) in [6.07, 6.45) is 1.97. The van der Waals surface area contributed by atoms with Gasteiger partial charge in [-0.15, -0.1) is 0 Å². The van der Waals surface area contributed by atoms with Crippen LogP contribution in [0.25, 0.3) is 0 Å². The molecule has 4 N–H and O–H groups in total. The highest BCUT2D eigenvalue weighted by molar-refractivity contribution is 6.01. The van der Waals surface area contributed by atoms with Crippen molar-refractivity contribution in [2.24, 2.45) is 10.9 Å². The van der Waals surface area contributed by atoms with Gasteiger partial charge in [0.1, 0.15) is 0 Å². The van der Waals surface area contributed by atoms with E-state index in [2.05, 4.69) is 15.4 Å². The Morgan fingerprint density at radius 2 is 2.05 bits per heavy atom. The molecule has 0 aliphatic carbocycles. The molecule has 1 rings (SSSR count). The fourth-order valence-corrected chi connectivity index (χ4v) is 1.73. The van der Waals surface area contributed by atoms with Crippen LogP contribution in [0.15, 0.2) is 29.4 Å². The minimum Gasteiger partial charge on any atom is -0.409 e. The number of nitrogens with zero attached hydrogens (tertiary/aromatic N) is 2. The number of rotatable bonds is 7. The Hall–Kier alpha value is -2.08. The summed E-state index contributed by atoms with van der Waals surface area (Å²) in [7, 11) is 4.05. The Morgan fingerprint density at radius 3 is 2.70 bits per heavy atom. The van der Waals surface area contributed by atoms with Crippen LogP contribution in [0.1, 0.15) is 28.8 Å². The average Bonchev–Trinajstić information content (AvgIpc) is 2.45. The number of hydrogen-bond acceptors (Lipinski definition) is 4. The van der Waals surface area contributed by atoms with Crippen molar-refractivity contribution < 1.29 is 10.0 Å². The zero-order valence-electron chi connectivity index (χ0n) is 12.0. The summed E-state index contributed by atoms with van der Waals surface area (Å²) < 4.78 is 0. The first kappa shape index (κ1) is 16.0. The van der Waals surface area contributed by atoms with Gasteiger partial charge >= 0.3 is 0 Å². The lowest BCUT2D eigenvalue weighted by molar-refractivity contribution is 0.0952. The Kier molecular flexibility index (Phi) is 6.52. The second kappa shape index (κ2) is 8.16. The van der Waals surface area contributed by atoms with Crippen molar-refractivity contribution in [2.75, 3.05) is 27.2 Å².